The van der Waals surface area contributed by atoms with Gasteiger partial charge in [0, 0.05) is 6.61 Å². The van der Waals surface area contributed by atoms with Crippen molar-refractivity contribution >= 4 is 15.5 Å². The number of anilines is 1. The van der Waals surface area contributed by atoms with Gasteiger partial charge < -0.3 is 10.5 Å². The number of aryl methyl sites for hydroxylation is 1. The summed E-state index contributed by atoms with van der Waals surface area (Å²) in [5, 5.41) is 0. The third-order valence-corrected chi connectivity index (χ3v) is 4.58. The van der Waals surface area contributed by atoms with Gasteiger partial charge in [0.25, 0.3) is 0 Å². The van der Waals surface area contributed by atoms with Crippen LogP contribution in [0.4, 0.5) is 5.69 Å². The highest BCUT2D eigenvalue weighted by Crippen LogP contribution is 2.20. The van der Waals surface area contributed by atoms with Crippen LogP contribution in [0, 0.1) is 12.8 Å². The van der Waals surface area contributed by atoms with E-state index in [1.807, 2.05) is 6.92 Å². The van der Waals surface area contributed by atoms with Gasteiger partial charge in [0.15, 0.2) is 9.84 Å². The fourth-order valence-corrected chi connectivity index (χ4v) is 2.90. The first kappa shape index (κ1) is 16.0. The monoisotopic (exact) mass is 285 g/mol. The molecule has 0 aliphatic rings. The second-order valence-corrected chi connectivity index (χ2v) is 7.23. The van der Waals surface area contributed by atoms with E-state index < -0.39 is 9.84 Å². The summed E-state index contributed by atoms with van der Waals surface area (Å²) in [6.07, 6.45) is 0.937. The number of rotatable bonds is 7. The molecular weight excluding hydrogens is 262 g/mol. The zero-order valence-corrected chi connectivity index (χ0v) is 12.7. The highest BCUT2D eigenvalue weighted by molar-refractivity contribution is 7.91. The first-order valence-corrected chi connectivity index (χ1v) is 8.15. The maximum absolute atomic E-state index is 12.1. The molecule has 0 aromatic heterocycles. The van der Waals surface area contributed by atoms with E-state index in [1.54, 1.807) is 18.2 Å². The van der Waals surface area contributed by atoms with E-state index in [0.29, 0.717) is 18.2 Å². The first-order chi connectivity index (χ1) is 8.83. The van der Waals surface area contributed by atoms with Crippen LogP contribution in [0.3, 0.4) is 0 Å². The summed E-state index contributed by atoms with van der Waals surface area (Å²) >= 11 is 0. The van der Waals surface area contributed by atoms with Crippen molar-refractivity contribution in [1.82, 2.24) is 0 Å². The molecule has 0 aliphatic carbocycles. The van der Waals surface area contributed by atoms with Gasteiger partial charge in [-0.25, -0.2) is 8.42 Å². The van der Waals surface area contributed by atoms with Gasteiger partial charge in [-0.3, -0.25) is 0 Å². The van der Waals surface area contributed by atoms with Crippen LogP contribution in [0.25, 0.3) is 0 Å². The highest BCUT2D eigenvalue weighted by atomic mass is 32.2. The zero-order valence-electron chi connectivity index (χ0n) is 11.8. The molecule has 0 amide bonds. The molecule has 0 fully saturated rings. The second kappa shape index (κ2) is 6.91. The minimum Gasteiger partial charge on any atom is -0.398 e. The molecule has 5 heteroatoms. The summed E-state index contributed by atoms with van der Waals surface area (Å²) in [6.45, 7) is 6.89. The number of ether oxygens (including phenoxy) is 1. The zero-order chi connectivity index (χ0) is 14.5. The Bertz CT molecular complexity index is 509. The van der Waals surface area contributed by atoms with Crippen molar-refractivity contribution in [3.05, 3.63) is 23.8 Å². The van der Waals surface area contributed by atoms with Gasteiger partial charge in [0.2, 0.25) is 0 Å². The molecule has 0 saturated heterocycles. The highest BCUT2D eigenvalue weighted by Gasteiger charge is 2.17. The maximum atomic E-state index is 12.1. The third kappa shape index (κ3) is 5.20. The summed E-state index contributed by atoms with van der Waals surface area (Å²) in [5.74, 6) is 0.530. The Labute approximate surface area is 115 Å². The van der Waals surface area contributed by atoms with E-state index >= 15 is 0 Å². The molecule has 0 spiro atoms. The van der Waals surface area contributed by atoms with E-state index in [-0.39, 0.29) is 17.3 Å². The topological polar surface area (TPSA) is 69.4 Å². The molecule has 4 nitrogen and oxygen atoms in total. The molecule has 2 N–H and O–H groups in total. The van der Waals surface area contributed by atoms with Crippen LogP contribution in [0.2, 0.25) is 0 Å². The number of hydrogen-bond acceptors (Lipinski definition) is 4. The fraction of sp³-hybridized carbons (Fsp3) is 0.571. The molecule has 0 saturated carbocycles. The Morgan fingerprint density at radius 2 is 1.95 bits per heavy atom. The van der Waals surface area contributed by atoms with E-state index in [1.165, 1.54) is 0 Å². The number of nitrogen functional groups attached to an aromatic ring is 1. The summed E-state index contributed by atoms with van der Waals surface area (Å²) in [6, 6.07) is 4.99. The Morgan fingerprint density at radius 3 is 2.53 bits per heavy atom. The van der Waals surface area contributed by atoms with Crippen LogP contribution in [0.5, 0.6) is 0 Å². The quantitative estimate of drug-likeness (QED) is 0.617. The average Bonchev–Trinajstić information content (AvgIpc) is 2.27. The summed E-state index contributed by atoms with van der Waals surface area (Å²) < 4.78 is 29.5. The lowest BCUT2D eigenvalue weighted by atomic mass is 10.1. The number of nitrogens with two attached hydrogens (primary N) is 1. The summed E-state index contributed by atoms with van der Waals surface area (Å²) in [5.41, 5.74) is 7.01. The van der Waals surface area contributed by atoms with Crippen LogP contribution in [-0.2, 0) is 14.6 Å². The molecule has 1 aromatic rings. The summed E-state index contributed by atoms with van der Waals surface area (Å²) in [7, 11) is -3.36. The van der Waals surface area contributed by atoms with E-state index in [2.05, 4.69) is 13.8 Å². The smallest absolute Gasteiger partial charge is 0.182 e. The molecule has 0 radical (unpaired) electrons. The lowest BCUT2D eigenvalue weighted by molar-refractivity contribution is 0.137. The van der Waals surface area contributed by atoms with Crippen molar-refractivity contribution in [1.29, 1.82) is 0 Å². The van der Waals surface area contributed by atoms with Crippen molar-refractivity contribution in [2.75, 3.05) is 24.7 Å². The van der Waals surface area contributed by atoms with Crippen LogP contribution < -0.4 is 5.73 Å². The largest absolute Gasteiger partial charge is 0.398 e. The molecule has 0 heterocycles. The Morgan fingerprint density at radius 1 is 1.26 bits per heavy atom. The third-order valence-electron chi connectivity index (χ3n) is 2.84. The van der Waals surface area contributed by atoms with Gasteiger partial charge in [-0.1, -0.05) is 19.9 Å². The van der Waals surface area contributed by atoms with Gasteiger partial charge in [0.1, 0.15) is 0 Å². The lowest BCUT2D eigenvalue weighted by Crippen LogP contribution is -2.15. The van der Waals surface area contributed by atoms with Crippen molar-refractivity contribution in [3.8, 4) is 0 Å². The molecule has 0 atom stereocenters. The number of benzene rings is 1. The fourth-order valence-electron chi connectivity index (χ4n) is 1.65. The van der Waals surface area contributed by atoms with Crippen LogP contribution in [0.15, 0.2) is 23.1 Å². The molecule has 0 bridgehead atoms. The normalized spacial score (nSPS) is 12.0. The molecule has 19 heavy (non-hydrogen) atoms. The average molecular weight is 285 g/mol. The van der Waals surface area contributed by atoms with E-state index in [4.69, 9.17) is 10.5 Å². The number of hydrogen-bond donors (Lipinski definition) is 1. The van der Waals surface area contributed by atoms with Crippen LogP contribution in [0.1, 0.15) is 25.8 Å². The van der Waals surface area contributed by atoms with Crippen molar-refractivity contribution in [3.63, 3.8) is 0 Å². The van der Waals surface area contributed by atoms with Gasteiger partial charge in [0.05, 0.1) is 22.9 Å². The molecule has 108 valence electrons. The SMILES string of the molecule is Cc1ccc(S(=O)(=O)CCOCCC(C)C)c(N)c1. The van der Waals surface area contributed by atoms with Gasteiger partial charge >= 0.3 is 0 Å². The van der Waals surface area contributed by atoms with Crippen LogP contribution >= 0.6 is 0 Å². The number of sulfone groups is 1. The predicted octanol–water partition coefficient (Wildman–Crippen LogP) is 2.41. The standard InChI is InChI=1S/C14H23NO3S/c1-11(2)6-7-18-8-9-19(16,17)14-5-4-12(3)10-13(14)15/h4-5,10-11H,6-9,15H2,1-3H3. The Hall–Kier alpha value is -1.07. The first-order valence-electron chi connectivity index (χ1n) is 6.49. The minimum absolute atomic E-state index is 0.0294. The van der Waals surface area contributed by atoms with Crippen molar-refractivity contribution < 1.29 is 13.2 Å². The Balaban J connectivity index is 2.56. The lowest BCUT2D eigenvalue weighted by Gasteiger charge is -2.09. The molecule has 1 rings (SSSR count). The predicted molar refractivity (Wildman–Crippen MR) is 77.9 cm³/mol. The molecule has 0 unspecified atom stereocenters. The van der Waals surface area contributed by atoms with E-state index in [0.717, 1.165) is 12.0 Å². The van der Waals surface area contributed by atoms with Crippen molar-refractivity contribution in [2.45, 2.75) is 32.1 Å². The Kier molecular flexibility index (Phi) is 5.82. The van der Waals surface area contributed by atoms with Crippen molar-refractivity contribution in [2.24, 2.45) is 5.92 Å². The van der Waals surface area contributed by atoms with Gasteiger partial charge in [-0.15, -0.1) is 0 Å². The maximum Gasteiger partial charge on any atom is 0.182 e. The molecule has 0 aliphatic heterocycles. The summed E-state index contributed by atoms with van der Waals surface area (Å²) in [4.78, 5) is 0.200. The molecule has 1 aromatic carbocycles. The van der Waals surface area contributed by atoms with Gasteiger partial charge in [-0.05, 0) is 37.0 Å². The molecular formula is C14H23NO3S. The van der Waals surface area contributed by atoms with Gasteiger partial charge in [-0.2, -0.15) is 0 Å². The minimum atomic E-state index is -3.36. The second-order valence-electron chi connectivity index (χ2n) is 5.16. The van der Waals surface area contributed by atoms with Crippen LogP contribution in [-0.4, -0.2) is 27.4 Å². The van der Waals surface area contributed by atoms with E-state index in [9.17, 15) is 8.42 Å².